The predicted octanol–water partition coefficient (Wildman–Crippen LogP) is 3.35. The van der Waals surface area contributed by atoms with E-state index in [0.29, 0.717) is 5.75 Å². The lowest BCUT2D eigenvalue weighted by Crippen LogP contribution is -2.42. The van der Waals surface area contributed by atoms with Crippen molar-refractivity contribution in [1.82, 2.24) is 9.29 Å². The fourth-order valence-corrected chi connectivity index (χ4v) is 4.90. The molecule has 2 aromatic carbocycles. The van der Waals surface area contributed by atoms with E-state index in [1.165, 1.54) is 24.3 Å². The van der Waals surface area contributed by atoms with Crippen LogP contribution in [0.15, 0.2) is 53.4 Å². The smallest absolute Gasteiger partial charge is 0.322 e. The molecule has 0 aliphatic heterocycles. The van der Waals surface area contributed by atoms with Crippen molar-refractivity contribution < 1.29 is 23.1 Å². The second kappa shape index (κ2) is 9.90. The van der Waals surface area contributed by atoms with Crippen LogP contribution in [0, 0.1) is 18.8 Å². The number of hydrogen-bond acceptors (Lipinski definition) is 4. The number of hydrogen-bond donors (Lipinski definition) is 2. The van der Waals surface area contributed by atoms with Crippen LogP contribution < -0.4 is 9.46 Å². The Morgan fingerprint density at radius 3 is 2.50 bits per heavy atom. The maximum atomic E-state index is 12.9. The molecule has 168 valence electrons. The number of aliphatic carboxylic acids is 1. The molecule has 1 atom stereocenters. The van der Waals surface area contributed by atoms with Crippen LogP contribution in [0.5, 0.6) is 5.75 Å². The van der Waals surface area contributed by atoms with Gasteiger partial charge in [0.1, 0.15) is 18.4 Å². The minimum Gasteiger partial charge on any atom is -0.481 e. The fourth-order valence-electron chi connectivity index (χ4n) is 3.71. The number of benzene rings is 2. The maximum absolute atomic E-state index is 12.9. The van der Waals surface area contributed by atoms with E-state index < -0.39 is 22.0 Å². The molecule has 8 heteroatoms. The summed E-state index contributed by atoms with van der Waals surface area (Å²) in [4.78, 5) is 11.9. The normalized spacial score (nSPS) is 12.2. The second-order valence-electron chi connectivity index (χ2n) is 7.23. The molecule has 7 nitrogen and oxygen atoms in total. The summed E-state index contributed by atoms with van der Waals surface area (Å²) in [6.07, 6.45) is 0.0325. The molecule has 0 aliphatic carbocycles. The first-order valence-electron chi connectivity index (χ1n) is 10.2. The summed E-state index contributed by atoms with van der Waals surface area (Å²) in [7, 11) is -4.05. The van der Waals surface area contributed by atoms with Crippen LogP contribution in [-0.4, -0.2) is 36.7 Å². The van der Waals surface area contributed by atoms with Crippen LogP contribution in [0.3, 0.4) is 0 Å². The average Bonchev–Trinajstić information content (AvgIpc) is 3.04. The minimum absolute atomic E-state index is 0.0325. The van der Waals surface area contributed by atoms with Gasteiger partial charge in [-0.05, 0) is 56.7 Å². The van der Waals surface area contributed by atoms with E-state index >= 15 is 0 Å². The van der Waals surface area contributed by atoms with Gasteiger partial charge in [-0.1, -0.05) is 24.1 Å². The lowest BCUT2D eigenvalue weighted by atomic mass is 10.0. The topological polar surface area (TPSA) is 97.6 Å². The van der Waals surface area contributed by atoms with Crippen molar-refractivity contribution in [3.05, 3.63) is 59.8 Å². The number of nitrogens with one attached hydrogen (secondary N) is 1. The van der Waals surface area contributed by atoms with Gasteiger partial charge in [-0.3, -0.25) is 4.79 Å². The lowest BCUT2D eigenvalue weighted by Gasteiger charge is -2.16. The molecular weight excluding hydrogens is 428 g/mol. The zero-order valence-corrected chi connectivity index (χ0v) is 19.1. The Morgan fingerprint density at radius 2 is 1.88 bits per heavy atom. The highest BCUT2D eigenvalue weighted by Gasteiger charge is 2.28. The molecule has 0 amide bonds. The SMILES string of the molecule is CC#CCOc1ccc(S(=O)(=O)N[C@@H](Cc2c(C)n(CC)c3ccccc23)C(=O)O)cc1. The largest absolute Gasteiger partial charge is 0.481 e. The zero-order valence-electron chi connectivity index (χ0n) is 18.3. The summed E-state index contributed by atoms with van der Waals surface area (Å²) in [6, 6.07) is 12.2. The molecule has 0 saturated heterocycles. The Morgan fingerprint density at radius 1 is 1.19 bits per heavy atom. The van der Waals surface area contributed by atoms with Gasteiger partial charge in [-0.25, -0.2) is 8.42 Å². The van der Waals surface area contributed by atoms with Crippen molar-refractivity contribution in [3.63, 3.8) is 0 Å². The summed E-state index contributed by atoms with van der Waals surface area (Å²) >= 11 is 0. The van der Waals surface area contributed by atoms with Crippen LogP contribution >= 0.6 is 0 Å². The van der Waals surface area contributed by atoms with Gasteiger partial charge in [0, 0.05) is 29.6 Å². The van der Waals surface area contributed by atoms with Crippen molar-refractivity contribution in [3.8, 4) is 17.6 Å². The molecule has 32 heavy (non-hydrogen) atoms. The molecule has 0 spiro atoms. The Kier molecular flexibility index (Phi) is 7.23. The van der Waals surface area contributed by atoms with Crippen LogP contribution in [0.1, 0.15) is 25.1 Å². The Hall–Kier alpha value is -3.28. The molecule has 0 fully saturated rings. The van der Waals surface area contributed by atoms with Crippen molar-refractivity contribution >= 4 is 26.9 Å². The number of ether oxygens (including phenoxy) is 1. The number of carboxylic acid groups (broad SMARTS) is 1. The molecule has 1 aromatic heterocycles. The van der Waals surface area contributed by atoms with E-state index in [1.807, 2.05) is 38.1 Å². The maximum Gasteiger partial charge on any atom is 0.322 e. The molecule has 0 bridgehead atoms. The third-order valence-electron chi connectivity index (χ3n) is 5.30. The summed E-state index contributed by atoms with van der Waals surface area (Å²) in [5, 5.41) is 10.7. The average molecular weight is 455 g/mol. The number of fused-ring (bicyclic) bond motifs is 1. The van der Waals surface area contributed by atoms with E-state index in [9.17, 15) is 18.3 Å². The van der Waals surface area contributed by atoms with Crippen LogP contribution in [-0.2, 0) is 27.8 Å². The number of para-hydroxylation sites is 1. The first kappa shape index (κ1) is 23.4. The summed E-state index contributed by atoms with van der Waals surface area (Å²) < 4.78 is 35.6. The summed E-state index contributed by atoms with van der Waals surface area (Å²) in [5.41, 5.74) is 2.74. The first-order valence-corrected chi connectivity index (χ1v) is 11.7. The van der Waals surface area contributed by atoms with Crippen LogP contribution in [0.4, 0.5) is 0 Å². The highest BCUT2D eigenvalue weighted by Crippen LogP contribution is 2.27. The van der Waals surface area contributed by atoms with Gasteiger partial charge in [0.25, 0.3) is 0 Å². The van der Waals surface area contributed by atoms with Gasteiger partial charge in [0.15, 0.2) is 0 Å². The molecule has 0 radical (unpaired) electrons. The molecule has 1 heterocycles. The number of nitrogens with zero attached hydrogens (tertiary/aromatic N) is 1. The highest BCUT2D eigenvalue weighted by molar-refractivity contribution is 7.89. The molecule has 3 rings (SSSR count). The van der Waals surface area contributed by atoms with Crippen molar-refractivity contribution in [2.75, 3.05) is 6.61 Å². The van der Waals surface area contributed by atoms with Crippen LogP contribution in [0.25, 0.3) is 10.9 Å². The van der Waals surface area contributed by atoms with Crippen molar-refractivity contribution in [2.24, 2.45) is 0 Å². The molecular formula is C24H26N2O5S. The van der Waals surface area contributed by atoms with E-state index in [-0.39, 0.29) is 17.9 Å². The van der Waals surface area contributed by atoms with Gasteiger partial charge >= 0.3 is 5.97 Å². The zero-order chi connectivity index (χ0) is 23.3. The van der Waals surface area contributed by atoms with Crippen molar-refractivity contribution in [1.29, 1.82) is 0 Å². The molecule has 0 saturated carbocycles. The first-order chi connectivity index (χ1) is 15.3. The Labute approximate surface area is 188 Å². The van der Waals surface area contributed by atoms with Crippen molar-refractivity contribution in [2.45, 2.75) is 44.7 Å². The molecule has 3 aromatic rings. The van der Waals surface area contributed by atoms with Gasteiger partial charge < -0.3 is 14.4 Å². The minimum atomic E-state index is -4.05. The van der Waals surface area contributed by atoms with Gasteiger partial charge in [0.2, 0.25) is 10.0 Å². The monoisotopic (exact) mass is 454 g/mol. The van der Waals surface area contributed by atoms with E-state index in [4.69, 9.17) is 4.74 Å². The number of carboxylic acids is 1. The van der Waals surface area contributed by atoms with E-state index in [2.05, 4.69) is 21.1 Å². The summed E-state index contributed by atoms with van der Waals surface area (Å²) in [6.45, 7) is 6.57. The molecule has 2 N–H and O–H groups in total. The Bertz CT molecular complexity index is 1280. The van der Waals surface area contributed by atoms with E-state index in [0.717, 1.165) is 28.7 Å². The van der Waals surface area contributed by atoms with Gasteiger partial charge in [-0.15, -0.1) is 5.92 Å². The molecule has 0 aliphatic rings. The number of aryl methyl sites for hydroxylation is 1. The third kappa shape index (κ3) is 4.96. The van der Waals surface area contributed by atoms with Gasteiger partial charge in [0.05, 0.1) is 4.90 Å². The molecule has 0 unspecified atom stereocenters. The predicted molar refractivity (Wildman–Crippen MR) is 123 cm³/mol. The van der Waals surface area contributed by atoms with Gasteiger partial charge in [-0.2, -0.15) is 4.72 Å². The van der Waals surface area contributed by atoms with Crippen LogP contribution in [0.2, 0.25) is 0 Å². The fraction of sp³-hybridized carbons (Fsp3) is 0.292. The van der Waals surface area contributed by atoms with E-state index in [1.54, 1.807) is 6.92 Å². The second-order valence-corrected chi connectivity index (χ2v) is 8.94. The number of rotatable bonds is 9. The quantitative estimate of drug-likeness (QED) is 0.483. The Balaban J connectivity index is 1.86. The number of carbonyl (C=O) groups is 1. The number of aromatic nitrogens is 1. The third-order valence-corrected chi connectivity index (χ3v) is 6.79. The summed E-state index contributed by atoms with van der Waals surface area (Å²) in [5.74, 6) is 4.70. The lowest BCUT2D eigenvalue weighted by molar-refractivity contribution is -0.138. The number of sulfonamides is 1. The highest BCUT2D eigenvalue weighted by atomic mass is 32.2. The standard InChI is InChI=1S/C24H26N2O5S/c1-4-6-15-31-18-11-13-19(14-12-18)32(29,30)25-22(24(27)28)16-21-17(3)26(5-2)23-10-8-7-9-20(21)23/h7-14,22,25H,5,15-16H2,1-3H3,(H,27,28)/t22-/m0/s1.